The van der Waals surface area contributed by atoms with Gasteiger partial charge in [0.2, 0.25) is 0 Å². The van der Waals surface area contributed by atoms with E-state index in [-0.39, 0.29) is 11.6 Å². The first kappa shape index (κ1) is 19.5. The summed E-state index contributed by atoms with van der Waals surface area (Å²) >= 11 is 0. The van der Waals surface area contributed by atoms with Gasteiger partial charge < -0.3 is 0 Å². The first-order valence-corrected chi connectivity index (χ1v) is 10.6. The van der Waals surface area contributed by atoms with Gasteiger partial charge in [-0.15, -0.1) is 0 Å². The zero-order chi connectivity index (χ0) is 18.6. The zero-order valence-corrected chi connectivity index (χ0v) is 16.1. The Labute approximate surface area is 149 Å². The molecule has 0 atom stereocenters. The van der Waals surface area contributed by atoms with E-state index < -0.39 is 9.84 Å². The maximum Gasteiger partial charge on any atom is 0.147 e. The summed E-state index contributed by atoms with van der Waals surface area (Å²) in [6.45, 7) is 5.79. The summed E-state index contributed by atoms with van der Waals surface area (Å²) in [6.07, 6.45) is 3.89. The largest absolute Gasteiger partial charge is 0.238 e. The van der Waals surface area contributed by atoms with Gasteiger partial charge in [-0.05, 0) is 56.4 Å². The molecule has 136 valence electrons. The molecule has 0 bridgehead atoms. The number of aromatic nitrogens is 2. The third kappa shape index (κ3) is 5.33. The molecule has 0 radical (unpaired) electrons. The fourth-order valence-electron chi connectivity index (χ4n) is 2.96. The molecule has 0 aliphatic carbocycles. The molecule has 2 rings (SSSR count). The van der Waals surface area contributed by atoms with Crippen molar-refractivity contribution in [2.75, 3.05) is 12.0 Å². The molecule has 6 heteroatoms. The Morgan fingerprint density at radius 2 is 1.72 bits per heavy atom. The molecule has 4 nitrogen and oxygen atoms in total. The first-order chi connectivity index (χ1) is 11.7. The van der Waals surface area contributed by atoms with Crippen molar-refractivity contribution >= 4 is 9.84 Å². The molecule has 0 spiro atoms. The zero-order valence-electron chi connectivity index (χ0n) is 15.3. The number of benzene rings is 1. The van der Waals surface area contributed by atoms with E-state index in [9.17, 15) is 12.8 Å². The molecule has 0 N–H and O–H groups in total. The van der Waals surface area contributed by atoms with E-state index >= 15 is 0 Å². The van der Waals surface area contributed by atoms with Crippen LogP contribution in [-0.4, -0.2) is 30.4 Å². The Balaban J connectivity index is 2.20. The standard InChI is InChI=1S/C19H25FN2O2S/c1-5-15-12-16(9-10-17(15)20)19-13(2)21-18(22-14(19)3)8-6-7-11-25(4,23)24/h9-10,12H,5-8,11H2,1-4H3. The lowest BCUT2D eigenvalue weighted by Gasteiger charge is -2.12. The first-order valence-electron chi connectivity index (χ1n) is 8.52. The lowest BCUT2D eigenvalue weighted by molar-refractivity contribution is 0.596. The quantitative estimate of drug-likeness (QED) is 0.701. The summed E-state index contributed by atoms with van der Waals surface area (Å²) in [5, 5.41) is 0. The van der Waals surface area contributed by atoms with E-state index in [1.54, 1.807) is 6.07 Å². The molecule has 0 aliphatic rings. The van der Waals surface area contributed by atoms with Gasteiger partial charge in [0.25, 0.3) is 0 Å². The van der Waals surface area contributed by atoms with Crippen molar-refractivity contribution in [2.45, 2.75) is 46.5 Å². The van der Waals surface area contributed by atoms with Gasteiger partial charge in [-0.2, -0.15) is 0 Å². The maximum absolute atomic E-state index is 13.7. The Hall–Kier alpha value is -1.82. The molecule has 0 aliphatic heterocycles. The number of aryl methyl sites for hydroxylation is 4. The molecular formula is C19H25FN2O2S. The van der Waals surface area contributed by atoms with E-state index in [0.29, 0.717) is 24.8 Å². The third-order valence-corrected chi connectivity index (χ3v) is 5.23. The number of nitrogens with zero attached hydrogens (tertiary/aromatic N) is 2. The molecule has 2 aromatic rings. The van der Waals surface area contributed by atoms with Crippen LogP contribution in [-0.2, 0) is 22.7 Å². The summed E-state index contributed by atoms with van der Waals surface area (Å²) in [5.74, 6) is 0.730. The summed E-state index contributed by atoms with van der Waals surface area (Å²) in [4.78, 5) is 9.14. The van der Waals surface area contributed by atoms with Gasteiger partial charge in [0.15, 0.2) is 0 Å². The van der Waals surface area contributed by atoms with Gasteiger partial charge >= 0.3 is 0 Å². The molecule has 25 heavy (non-hydrogen) atoms. The lowest BCUT2D eigenvalue weighted by Crippen LogP contribution is -2.06. The molecule has 0 fully saturated rings. The second-order valence-electron chi connectivity index (χ2n) is 6.43. The van der Waals surface area contributed by atoms with Crippen LogP contribution in [0.5, 0.6) is 0 Å². The highest BCUT2D eigenvalue weighted by Gasteiger charge is 2.13. The average molecular weight is 364 g/mol. The number of sulfone groups is 1. The highest BCUT2D eigenvalue weighted by atomic mass is 32.2. The number of rotatable bonds is 7. The molecule has 0 unspecified atom stereocenters. The van der Waals surface area contributed by atoms with Crippen LogP contribution >= 0.6 is 0 Å². The Kier molecular flexibility index (Phi) is 6.27. The fraction of sp³-hybridized carbons (Fsp3) is 0.474. The van der Waals surface area contributed by atoms with Crippen LogP contribution in [0.4, 0.5) is 4.39 Å². The lowest BCUT2D eigenvalue weighted by atomic mass is 9.99. The number of halogens is 1. The van der Waals surface area contributed by atoms with E-state index in [2.05, 4.69) is 9.97 Å². The summed E-state index contributed by atoms with van der Waals surface area (Å²) in [6, 6.07) is 5.12. The van der Waals surface area contributed by atoms with Crippen LogP contribution in [0.25, 0.3) is 11.1 Å². The van der Waals surface area contributed by atoms with Crippen molar-refractivity contribution in [3.05, 3.63) is 46.8 Å². The summed E-state index contributed by atoms with van der Waals surface area (Å²) in [7, 11) is -2.92. The van der Waals surface area contributed by atoms with E-state index in [0.717, 1.165) is 34.8 Å². The van der Waals surface area contributed by atoms with Crippen LogP contribution in [0.15, 0.2) is 18.2 Å². The van der Waals surface area contributed by atoms with Gasteiger partial charge in [0.05, 0.1) is 0 Å². The third-order valence-electron chi connectivity index (χ3n) is 4.20. The minimum atomic E-state index is -2.92. The van der Waals surface area contributed by atoms with Crippen molar-refractivity contribution < 1.29 is 12.8 Å². The number of unbranched alkanes of at least 4 members (excludes halogenated alkanes) is 1. The smallest absolute Gasteiger partial charge is 0.147 e. The summed E-state index contributed by atoms with van der Waals surface area (Å²) < 4.78 is 36.1. The second-order valence-corrected chi connectivity index (χ2v) is 8.69. The summed E-state index contributed by atoms with van der Waals surface area (Å²) in [5.41, 5.74) is 4.27. The van der Waals surface area contributed by atoms with Gasteiger partial charge in [-0.25, -0.2) is 22.8 Å². The number of hydrogen-bond donors (Lipinski definition) is 0. The van der Waals surface area contributed by atoms with Gasteiger partial charge in [-0.3, -0.25) is 0 Å². The van der Waals surface area contributed by atoms with Crippen LogP contribution < -0.4 is 0 Å². The molecule has 0 saturated heterocycles. The van der Waals surface area contributed by atoms with Crippen molar-refractivity contribution in [1.82, 2.24) is 9.97 Å². The van der Waals surface area contributed by atoms with Gasteiger partial charge in [0.1, 0.15) is 21.5 Å². The van der Waals surface area contributed by atoms with E-state index in [4.69, 9.17) is 0 Å². The predicted octanol–water partition coefficient (Wildman–Crippen LogP) is 3.83. The molecule has 0 amide bonds. The van der Waals surface area contributed by atoms with Crippen molar-refractivity contribution in [3.63, 3.8) is 0 Å². The molecular weight excluding hydrogens is 339 g/mol. The van der Waals surface area contributed by atoms with E-state index in [1.807, 2.05) is 26.8 Å². The van der Waals surface area contributed by atoms with Crippen molar-refractivity contribution in [2.24, 2.45) is 0 Å². The SMILES string of the molecule is CCc1cc(-c2c(C)nc(CCCCS(C)(=O)=O)nc2C)ccc1F. The second kappa shape index (κ2) is 8.04. The number of hydrogen-bond acceptors (Lipinski definition) is 4. The minimum absolute atomic E-state index is 0.190. The fourth-order valence-corrected chi connectivity index (χ4v) is 3.69. The average Bonchev–Trinajstić information content (AvgIpc) is 2.51. The van der Waals surface area contributed by atoms with Crippen molar-refractivity contribution in [1.29, 1.82) is 0 Å². The minimum Gasteiger partial charge on any atom is -0.238 e. The van der Waals surface area contributed by atoms with Crippen LogP contribution in [0.1, 0.15) is 42.5 Å². The van der Waals surface area contributed by atoms with Crippen molar-refractivity contribution in [3.8, 4) is 11.1 Å². The normalized spacial score (nSPS) is 11.7. The molecule has 0 saturated carbocycles. The monoisotopic (exact) mass is 364 g/mol. The molecule has 1 aromatic heterocycles. The Morgan fingerprint density at radius 1 is 1.08 bits per heavy atom. The Bertz CT molecular complexity index is 841. The van der Waals surface area contributed by atoms with Crippen LogP contribution in [0, 0.1) is 19.7 Å². The van der Waals surface area contributed by atoms with Crippen LogP contribution in [0.2, 0.25) is 0 Å². The van der Waals surface area contributed by atoms with Crippen LogP contribution in [0.3, 0.4) is 0 Å². The van der Waals surface area contributed by atoms with Gasteiger partial charge in [-0.1, -0.05) is 13.0 Å². The maximum atomic E-state index is 13.7. The van der Waals surface area contributed by atoms with Gasteiger partial charge in [0, 0.05) is 35.4 Å². The Morgan fingerprint density at radius 3 is 2.28 bits per heavy atom. The molecule has 1 aromatic carbocycles. The highest BCUT2D eigenvalue weighted by molar-refractivity contribution is 7.90. The molecule has 1 heterocycles. The predicted molar refractivity (Wildman–Crippen MR) is 98.9 cm³/mol. The highest BCUT2D eigenvalue weighted by Crippen LogP contribution is 2.27. The topological polar surface area (TPSA) is 59.9 Å². The van der Waals surface area contributed by atoms with E-state index in [1.165, 1.54) is 12.3 Å².